The number of carbonyl (C=O) groups excluding carboxylic acids is 1. The zero-order valence-electron chi connectivity index (χ0n) is 7.00. The number of nitrogens with zero attached hydrogens (tertiary/aromatic N) is 2. The van der Waals surface area contributed by atoms with E-state index in [9.17, 15) is 4.79 Å². The van der Waals surface area contributed by atoms with Crippen molar-refractivity contribution < 1.29 is 9.53 Å². The van der Waals surface area contributed by atoms with Gasteiger partial charge < -0.3 is 4.74 Å². The highest BCUT2D eigenvalue weighted by Gasteiger charge is 2.28. The van der Waals surface area contributed by atoms with Gasteiger partial charge in [0.2, 0.25) is 0 Å². The second-order valence-corrected chi connectivity index (χ2v) is 3.47. The van der Waals surface area contributed by atoms with E-state index in [0.29, 0.717) is 0 Å². The topological polar surface area (TPSA) is 41.9 Å². The Labute approximate surface area is 65.8 Å². The van der Waals surface area contributed by atoms with Crippen LogP contribution in [-0.2, 0) is 9.53 Å². The fraction of sp³-hybridized carbons (Fsp3) is 0.714. The van der Waals surface area contributed by atoms with Crippen LogP contribution in [0.2, 0.25) is 0 Å². The first-order chi connectivity index (χ1) is 5.02. The van der Waals surface area contributed by atoms with Gasteiger partial charge in [0.25, 0.3) is 5.91 Å². The summed E-state index contributed by atoms with van der Waals surface area (Å²) in [6.07, 6.45) is 1.28. The summed E-state index contributed by atoms with van der Waals surface area (Å²) in [5.41, 5.74) is -0.384. The van der Waals surface area contributed by atoms with Gasteiger partial charge in [0, 0.05) is 5.41 Å². The first kappa shape index (κ1) is 8.04. The zero-order chi connectivity index (χ0) is 8.48. The molecule has 1 heterocycles. The maximum atomic E-state index is 11.4. The lowest BCUT2D eigenvalue weighted by atomic mass is 9.96. The molecule has 1 rings (SSSR count). The van der Waals surface area contributed by atoms with Crippen molar-refractivity contribution in [2.75, 3.05) is 6.73 Å². The lowest BCUT2D eigenvalue weighted by Crippen LogP contribution is -2.34. The van der Waals surface area contributed by atoms with Gasteiger partial charge in [-0.15, -0.1) is 5.10 Å². The van der Waals surface area contributed by atoms with Crippen molar-refractivity contribution in [1.29, 1.82) is 0 Å². The smallest absolute Gasteiger partial charge is 0.251 e. The molecule has 0 bridgehead atoms. The molecule has 0 aromatic carbocycles. The van der Waals surface area contributed by atoms with Gasteiger partial charge in [0.1, 0.15) is 0 Å². The number of hydrazone groups is 1. The summed E-state index contributed by atoms with van der Waals surface area (Å²) in [6, 6.07) is 0. The molecular formula is C7H12N2O2. The van der Waals surface area contributed by atoms with Crippen LogP contribution in [-0.4, -0.2) is 24.0 Å². The number of hydrogen-bond donors (Lipinski definition) is 0. The Kier molecular flexibility index (Phi) is 1.85. The molecule has 0 saturated carbocycles. The lowest BCUT2D eigenvalue weighted by Gasteiger charge is -2.20. The van der Waals surface area contributed by atoms with Gasteiger partial charge in [-0.05, 0) is 0 Å². The Balaban J connectivity index is 2.61. The maximum Gasteiger partial charge on any atom is 0.251 e. The minimum Gasteiger partial charge on any atom is -0.459 e. The van der Waals surface area contributed by atoms with Crippen LogP contribution in [0.4, 0.5) is 0 Å². The van der Waals surface area contributed by atoms with Crippen molar-refractivity contribution >= 4 is 12.3 Å². The predicted octanol–water partition coefficient (Wildman–Crippen LogP) is 0.792. The first-order valence-electron chi connectivity index (χ1n) is 3.48. The largest absolute Gasteiger partial charge is 0.459 e. The molecule has 0 spiro atoms. The average Bonchev–Trinajstić information content (AvgIpc) is 2.34. The van der Waals surface area contributed by atoms with Gasteiger partial charge in [-0.25, -0.2) is 0 Å². The lowest BCUT2D eigenvalue weighted by molar-refractivity contribution is -0.141. The van der Waals surface area contributed by atoms with Gasteiger partial charge in [0.05, 0.1) is 0 Å². The number of ether oxygens (including phenoxy) is 1. The molecule has 0 unspecified atom stereocenters. The number of amides is 1. The fourth-order valence-corrected chi connectivity index (χ4v) is 0.726. The molecule has 62 valence electrons. The Morgan fingerprint density at radius 1 is 1.64 bits per heavy atom. The molecule has 0 saturated heterocycles. The second-order valence-electron chi connectivity index (χ2n) is 3.47. The van der Waals surface area contributed by atoms with Crippen molar-refractivity contribution in [3.05, 3.63) is 0 Å². The highest BCUT2D eigenvalue weighted by Crippen LogP contribution is 2.18. The first-order valence-corrected chi connectivity index (χ1v) is 3.48. The summed E-state index contributed by atoms with van der Waals surface area (Å²) in [4.78, 5) is 11.4. The molecule has 0 aromatic heterocycles. The van der Waals surface area contributed by atoms with Crippen LogP contribution in [0.25, 0.3) is 0 Å². The van der Waals surface area contributed by atoms with Gasteiger partial charge in [-0.1, -0.05) is 20.8 Å². The molecule has 0 atom stereocenters. The van der Waals surface area contributed by atoms with E-state index < -0.39 is 0 Å². The molecule has 0 N–H and O–H groups in total. The Hall–Kier alpha value is -1.06. The van der Waals surface area contributed by atoms with Crippen LogP contribution >= 0.6 is 0 Å². The minimum atomic E-state index is -0.384. The van der Waals surface area contributed by atoms with Crippen molar-refractivity contribution in [3.8, 4) is 0 Å². The molecule has 0 aromatic rings. The Bertz CT molecular complexity index is 193. The normalized spacial score (nSPS) is 16.8. The molecular weight excluding hydrogens is 144 g/mol. The number of hydrogen-bond acceptors (Lipinski definition) is 3. The predicted molar refractivity (Wildman–Crippen MR) is 40.7 cm³/mol. The average molecular weight is 156 g/mol. The third kappa shape index (κ3) is 1.69. The van der Waals surface area contributed by atoms with Crippen LogP contribution in [0.15, 0.2) is 5.10 Å². The van der Waals surface area contributed by atoms with E-state index in [1.165, 1.54) is 11.4 Å². The van der Waals surface area contributed by atoms with Gasteiger partial charge in [-0.3, -0.25) is 4.79 Å². The Morgan fingerprint density at radius 2 is 2.27 bits per heavy atom. The molecule has 0 aliphatic carbocycles. The molecule has 0 fully saturated rings. The zero-order valence-corrected chi connectivity index (χ0v) is 7.00. The summed E-state index contributed by atoms with van der Waals surface area (Å²) in [5, 5.41) is 5.06. The summed E-state index contributed by atoms with van der Waals surface area (Å²) in [5.74, 6) is -0.0220. The molecule has 0 radical (unpaired) electrons. The molecule has 11 heavy (non-hydrogen) atoms. The molecule has 4 nitrogen and oxygen atoms in total. The molecule has 1 aliphatic rings. The molecule has 1 aliphatic heterocycles. The van der Waals surface area contributed by atoms with Crippen molar-refractivity contribution in [2.45, 2.75) is 20.8 Å². The van der Waals surface area contributed by atoms with E-state index in [-0.39, 0.29) is 18.1 Å². The standard InChI is InChI=1S/C7H12N2O2/c1-7(2,3)6(10)9-5-11-4-8-9/h4H,5H2,1-3H3. The van der Waals surface area contributed by atoms with E-state index in [2.05, 4.69) is 5.10 Å². The van der Waals surface area contributed by atoms with Gasteiger partial charge >= 0.3 is 0 Å². The minimum absolute atomic E-state index is 0.0220. The second kappa shape index (κ2) is 2.53. The van der Waals surface area contributed by atoms with E-state index >= 15 is 0 Å². The summed E-state index contributed by atoms with van der Waals surface area (Å²) >= 11 is 0. The maximum absolute atomic E-state index is 11.4. The van der Waals surface area contributed by atoms with Crippen molar-refractivity contribution in [1.82, 2.24) is 5.01 Å². The third-order valence-corrected chi connectivity index (χ3v) is 1.33. The van der Waals surface area contributed by atoms with Crippen LogP contribution in [0.5, 0.6) is 0 Å². The van der Waals surface area contributed by atoms with Crippen LogP contribution in [0.1, 0.15) is 20.8 Å². The van der Waals surface area contributed by atoms with E-state index in [4.69, 9.17) is 4.74 Å². The highest BCUT2D eigenvalue weighted by atomic mass is 16.5. The summed E-state index contributed by atoms with van der Waals surface area (Å²) < 4.78 is 4.79. The van der Waals surface area contributed by atoms with Crippen LogP contribution < -0.4 is 0 Å². The monoisotopic (exact) mass is 156 g/mol. The van der Waals surface area contributed by atoms with Crippen molar-refractivity contribution in [2.24, 2.45) is 10.5 Å². The fourth-order valence-electron chi connectivity index (χ4n) is 0.726. The SMILES string of the molecule is CC(C)(C)C(=O)N1COC=N1. The van der Waals surface area contributed by atoms with Gasteiger partial charge in [-0.2, -0.15) is 5.01 Å². The number of rotatable bonds is 0. The van der Waals surface area contributed by atoms with Crippen LogP contribution in [0, 0.1) is 5.41 Å². The summed E-state index contributed by atoms with van der Waals surface area (Å²) in [6.45, 7) is 5.80. The number of carbonyl (C=O) groups is 1. The van der Waals surface area contributed by atoms with Crippen LogP contribution in [0.3, 0.4) is 0 Å². The molecule has 4 heteroatoms. The Morgan fingerprint density at radius 3 is 2.64 bits per heavy atom. The molecule has 1 amide bonds. The van der Waals surface area contributed by atoms with E-state index in [1.54, 1.807) is 0 Å². The van der Waals surface area contributed by atoms with E-state index in [0.717, 1.165) is 0 Å². The van der Waals surface area contributed by atoms with E-state index in [1.807, 2.05) is 20.8 Å². The van der Waals surface area contributed by atoms with Gasteiger partial charge in [0.15, 0.2) is 13.1 Å². The highest BCUT2D eigenvalue weighted by molar-refractivity contribution is 5.82. The van der Waals surface area contributed by atoms with Crippen molar-refractivity contribution in [3.63, 3.8) is 0 Å². The summed E-state index contributed by atoms with van der Waals surface area (Å²) in [7, 11) is 0. The quantitative estimate of drug-likeness (QED) is 0.520. The third-order valence-electron chi connectivity index (χ3n) is 1.33.